The van der Waals surface area contributed by atoms with Crippen LogP contribution >= 0.6 is 14.5 Å². The van der Waals surface area contributed by atoms with Crippen molar-refractivity contribution in [2.45, 2.75) is 89.0 Å². The van der Waals surface area contributed by atoms with Crippen LogP contribution in [0.5, 0.6) is 0 Å². The molecule has 0 amide bonds. The van der Waals surface area contributed by atoms with E-state index in [1.54, 1.807) is 0 Å². The third-order valence-electron chi connectivity index (χ3n) is 7.03. The zero-order chi connectivity index (χ0) is 38.7. The summed E-state index contributed by atoms with van der Waals surface area (Å²) < 4.78 is 79.4. The molecule has 290 valence electrons. The molecule has 2 fully saturated rings. The molecule has 0 bridgehead atoms. The predicted molar refractivity (Wildman–Crippen MR) is 165 cm³/mol. The van der Waals surface area contributed by atoms with Gasteiger partial charge in [-0.1, -0.05) is 5.16 Å². The number of fused-ring (bicyclic) bond motifs is 1. The second-order valence-electron chi connectivity index (χ2n) is 11.0. The van der Waals surface area contributed by atoms with E-state index in [4.69, 9.17) is 54.8 Å². The number of esters is 4. The molecule has 0 saturated carbocycles. The van der Waals surface area contributed by atoms with Crippen molar-refractivity contribution >= 4 is 67.1 Å². The maximum absolute atomic E-state index is 15.4. The van der Waals surface area contributed by atoms with E-state index < -0.39 is 113 Å². The molecule has 12 atom stereocenters. The fraction of sp³-hybridized carbons (Fsp3) is 0.640. The zero-order valence-electron chi connectivity index (χ0n) is 27.3. The topological polar surface area (TPSA) is 327 Å². The Hall–Kier alpha value is -3.32. The number of alkyl halides is 1. The highest BCUT2D eigenvalue weighted by atomic mass is 32.5. The van der Waals surface area contributed by atoms with Gasteiger partial charge in [0.1, 0.15) is 54.7 Å². The highest BCUT2D eigenvalue weighted by molar-refractivity contribution is 8.08. The summed E-state index contributed by atoms with van der Waals surface area (Å²) in [5.74, 6) is -4.27. The lowest BCUT2D eigenvalue weighted by Gasteiger charge is -2.44. The summed E-state index contributed by atoms with van der Waals surface area (Å²) in [6.07, 6.45) is -18.0. The minimum Gasteiger partial charge on any atom is -0.463 e. The first-order valence-corrected chi connectivity index (χ1v) is 18.8. The van der Waals surface area contributed by atoms with Gasteiger partial charge in [-0.05, 0) is 11.8 Å². The average molecular weight is 807 g/mol. The van der Waals surface area contributed by atoms with Crippen molar-refractivity contribution in [1.82, 2.24) is 15.1 Å². The van der Waals surface area contributed by atoms with Crippen LogP contribution in [-0.2, 0) is 77.3 Å². The van der Waals surface area contributed by atoms with Crippen LogP contribution < -0.4 is 5.73 Å². The van der Waals surface area contributed by atoms with Gasteiger partial charge < -0.3 is 63.2 Å². The molecule has 0 aliphatic carbocycles. The molecule has 52 heavy (non-hydrogen) atoms. The molecule has 0 spiro atoms. The molecule has 2 saturated heterocycles. The number of nitrogens with zero attached hydrogens (tertiary/aromatic N) is 3. The Morgan fingerprint density at radius 1 is 0.962 bits per heavy atom. The molecule has 6 N–H and O–H groups in total. The Kier molecular flexibility index (Phi) is 13.4. The van der Waals surface area contributed by atoms with Gasteiger partial charge >= 0.3 is 38.4 Å². The number of ether oxygens (including phenoxy) is 6. The molecule has 4 heterocycles. The summed E-state index contributed by atoms with van der Waals surface area (Å²) in [5.41, 5.74) is 5.67. The standard InChI is InChI=1S/C25H33FN4O19P2S/c1-8(31)40-5-12(26)18-21(42-9(2)32)22(43-10(3)33)23(44-11(4)34)25(46-18)48-50(37,38)49-51(39,52)41-6-13-16(35)17(36)19(45-13)15-14-20(47-30-15)24(27)29-7-28-14/h7,12-13,16-19,21-23,25,35-36H,5-6H2,1-4H3,(H,37,38)(H,39,52)(H2,27,28,29)/t12-,13+,16+,17+,18+,19-,21+,22-,23-,25-,51?/m0/s1. The molecular formula is C25H33FN4O19P2S. The van der Waals surface area contributed by atoms with Gasteiger partial charge in [0.05, 0.1) is 6.61 Å². The van der Waals surface area contributed by atoms with Crippen molar-refractivity contribution in [1.29, 1.82) is 0 Å². The van der Waals surface area contributed by atoms with Crippen molar-refractivity contribution in [3.05, 3.63) is 12.0 Å². The number of phosphoric ester groups is 1. The van der Waals surface area contributed by atoms with Crippen LogP contribution in [0, 0.1) is 0 Å². The van der Waals surface area contributed by atoms with E-state index in [0.717, 1.165) is 34.0 Å². The number of aliphatic hydroxyl groups excluding tert-OH is 2. The minimum absolute atomic E-state index is 0.0304. The maximum atomic E-state index is 15.4. The monoisotopic (exact) mass is 806 g/mol. The Bertz CT molecular complexity index is 1750. The summed E-state index contributed by atoms with van der Waals surface area (Å²) in [6, 6.07) is 0. The first-order chi connectivity index (χ1) is 24.2. The van der Waals surface area contributed by atoms with Gasteiger partial charge in [0.2, 0.25) is 11.9 Å². The average Bonchev–Trinajstić information content (AvgIpc) is 3.57. The SMILES string of the molecule is CC(=O)OC[C@H](F)[C@H]1O[C@@H](OP(=O)(O)OP(O)(=S)OC[C@H]2O[C@@H](c3noc4c(N)ncnc34)[C@H](O)[C@@H]2O)[C@@H](OC(C)=O)[C@@H](OC(C)=O)[C@@H]1OC(C)=O. The predicted octanol–water partition coefficient (Wildman–Crippen LogP) is -0.850. The van der Waals surface area contributed by atoms with Crippen molar-refractivity contribution in [2.75, 3.05) is 18.9 Å². The largest absolute Gasteiger partial charge is 0.481 e. The fourth-order valence-corrected chi connectivity index (χ4v) is 8.14. The molecule has 2 aliphatic rings. The number of aromatic nitrogens is 3. The van der Waals surface area contributed by atoms with Gasteiger partial charge in [0, 0.05) is 27.7 Å². The van der Waals surface area contributed by atoms with E-state index in [-0.39, 0.29) is 22.6 Å². The van der Waals surface area contributed by atoms with E-state index in [1.807, 2.05) is 0 Å². The first-order valence-electron chi connectivity index (χ1n) is 14.7. The number of nitrogen functional groups attached to an aromatic ring is 1. The number of aliphatic hydroxyl groups is 2. The van der Waals surface area contributed by atoms with Gasteiger partial charge in [-0.3, -0.25) is 23.7 Å². The lowest BCUT2D eigenvalue weighted by Crippen LogP contribution is -2.64. The van der Waals surface area contributed by atoms with E-state index in [9.17, 15) is 43.7 Å². The number of carbonyl (C=O) groups is 4. The molecule has 0 radical (unpaired) electrons. The minimum atomic E-state index is -5.73. The Balaban J connectivity index is 1.52. The van der Waals surface area contributed by atoms with Crippen LogP contribution in [-0.4, -0.2) is 127 Å². The van der Waals surface area contributed by atoms with Crippen LogP contribution in [0.2, 0.25) is 0 Å². The van der Waals surface area contributed by atoms with E-state index in [1.165, 1.54) is 0 Å². The van der Waals surface area contributed by atoms with Crippen LogP contribution in [0.25, 0.3) is 11.1 Å². The third-order valence-corrected chi connectivity index (χ3v) is 10.5. The second-order valence-corrected chi connectivity index (χ2v) is 15.4. The van der Waals surface area contributed by atoms with Crippen molar-refractivity contribution in [3.63, 3.8) is 0 Å². The molecule has 4 rings (SSSR count). The van der Waals surface area contributed by atoms with E-state index in [0.29, 0.717) is 0 Å². The number of halogens is 1. The molecular weight excluding hydrogens is 773 g/mol. The lowest BCUT2D eigenvalue weighted by atomic mass is 9.95. The van der Waals surface area contributed by atoms with Gasteiger partial charge in [-0.25, -0.2) is 23.2 Å². The van der Waals surface area contributed by atoms with Crippen LogP contribution in [0.4, 0.5) is 10.2 Å². The molecule has 23 nitrogen and oxygen atoms in total. The van der Waals surface area contributed by atoms with Crippen molar-refractivity contribution in [3.8, 4) is 0 Å². The second kappa shape index (κ2) is 16.8. The smallest absolute Gasteiger partial charge is 0.463 e. The number of rotatable bonds is 14. The summed E-state index contributed by atoms with van der Waals surface area (Å²) >= 11 is 4.81. The number of hydrogen-bond acceptors (Lipinski definition) is 22. The Morgan fingerprint density at radius 2 is 1.58 bits per heavy atom. The highest BCUT2D eigenvalue weighted by Crippen LogP contribution is 2.62. The fourth-order valence-electron chi connectivity index (χ4n) is 5.04. The van der Waals surface area contributed by atoms with Gasteiger partial charge in [0.15, 0.2) is 30.3 Å². The molecule has 2 aromatic rings. The molecule has 2 unspecified atom stereocenters. The number of hydrogen-bond donors (Lipinski definition) is 5. The molecule has 27 heteroatoms. The summed E-state index contributed by atoms with van der Waals surface area (Å²) in [4.78, 5) is 76.3. The number of carbonyl (C=O) groups excluding carboxylic acids is 4. The van der Waals surface area contributed by atoms with Gasteiger partial charge in [-0.15, -0.1) is 0 Å². The molecule has 2 aliphatic heterocycles. The Labute approximate surface area is 296 Å². The highest BCUT2D eigenvalue weighted by Gasteiger charge is 2.57. The van der Waals surface area contributed by atoms with Crippen LogP contribution in [0.1, 0.15) is 39.5 Å². The third kappa shape index (κ3) is 10.2. The van der Waals surface area contributed by atoms with Gasteiger partial charge in [-0.2, -0.15) is 0 Å². The number of anilines is 1. The number of phosphoric acid groups is 1. The quantitative estimate of drug-likeness (QED) is 0.0882. The lowest BCUT2D eigenvalue weighted by molar-refractivity contribution is -0.296. The van der Waals surface area contributed by atoms with Crippen LogP contribution in [0.15, 0.2) is 10.9 Å². The van der Waals surface area contributed by atoms with E-state index in [2.05, 4.69) is 24.2 Å². The summed E-state index contributed by atoms with van der Waals surface area (Å²) in [7, 11) is -5.73. The van der Waals surface area contributed by atoms with Crippen molar-refractivity contribution < 1.29 is 94.4 Å². The Morgan fingerprint density at radius 3 is 2.19 bits per heavy atom. The zero-order valence-corrected chi connectivity index (χ0v) is 29.9. The normalized spacial score (nSPS) is 30.4. The first kappa shape index (κ1) is 41.4. The van der Waals surface area contributed by atoms with Crippen molar-refractivity contribution in [2.24, 2.45) is 0 Å². The summed E-state index contributed by atoms with van der Waals surface area (Å²) in [6.45, 7) is -3.18. The van der Waals surface area contributed by atoms with E-state index >= 15 is 4.39 Å². The molecule has 0 aromatic carbocycles. The van der Waals surface area contributed by atoms with Crippen LogP contribution in [0.3, 0.4) is 0 Å². The number of nitrogens with two attached hydrogens (primary N) is 1. The maximum Gasteiger partial charge on any atom is 0.481 e. The molecule has 2 aromatic heterocycles. The van der Waals surface area contributed by atoms with Gasteiger partial charge in [0.25, 0.3) is 0 Å². The summed E-state index contributed by atoms with van der Waals surface area (Å²) in [5, 5.41) is 24.9.